The average molecular weight is 133 g/mol. The summed E-state index contributed by atoms with van der Waals surface area (Å²) in [6.07, 6.45) is -0.473. The third kappa shape index (κ3) is 1.91. The van der Waals surface area contributed by atoms with Gasteiger partial charge in [0.05, 0.1) is 6.10 Å². The number of halogens is 1. The minimum absolute atomic E-state index is 0.404. The fourth-order valence-electron chi connectivity index (χ4n) is 0.992. The first kappa shape index (κ1) is 6.96. The summed E-state index contributed by atoms with van der Waals surface area (Å²) in [5.74, 6) is 0. The first-order valence-corrected chi connectivity index (χ1v) is 3.33. The van der Waals surface area contributed by atoms with Gasteiger partial charge in [-0.1, -0.05) is 0 Å². The summed E-state index contributed by atoms with van der Waals surface area (Å²) in [4.78, 5) is 0. The maximum atomic E-state index is 12.5. The van der Waals surface area contributed by atoms with Gasteiger partial charge in [-0.15, -0.1) is 0 Å². The second-order valence-electron chi connectivity index (χ2n) is 2.43. The zero-order valence-corrected chi connectivity index (χ0v) is 5.31. The van der Waals surface area contributed by atoms with Crippen LogP contribution in [-0.2, 0) is 0 Å². The van der Waals surface area contributed by atoms with Gasteiger partial charge >= 0.3 is 0 Å². The highest BCUT2D eigenvalue weighted by Gasteiger charge is 2.19. The lowest BCUT2D eigenvalue weighted by Gasteiger charge is -2.09. The van der Waals surface area contributed by atoms with Gasteiger partial charge < -0.3 is 10.4 Å². The van der Waals surface area contributed by atoms with E-state index in [1.54, 1.807) is 0 Å². The monoisotopic (exact) mass is 133 g/mol. The minimum atomic E-state index is -1.01. The van der Waals surface area contributed by atoms with E-state index in [4.69, 9.17) is 5.11 Å². The van der Waals surface area contributed by atoms with Gasteiger partial charge in [0.25, 0.3) is 0 Å². The maximum Gasteiger partial charge on any atom is 0.127 e. The molecule has 54 valence electrons. The van der Waals surface area contributed by atoms with Crippen molar-refractivity contribution in [2.24, 2.45) is 0 Å². The summed E-state index contributed by atoms with van der Waals surface area (Å²) < 4.78 is 12.5. The van der Waals surface area contributed by atoms with Crippen molar-refractivity contribution >= 4 is 0 Å². The molecule has 1 saturated heterocycles. The first-order valence-electron chi connectivity index (χ1n) is 3.33. The lowest BCUT2D eigenvalue weighted by Crippen LogP contribution is -2.30. The van der Waals surface area contributed by atoms with Gasteiger partial charge in [-0.05, 0) is 19.4 Å². The molecule has 0 saturated carbocycles. The molecule has 9 heavy (non-hydrogen) atoms. The molecule has 2 N–H and O–H groups in total. The van der Waals surface area contributed by atoms with Crippen LogP contribution >= 0.6 is 0 Å². The van der Waals surface area contributed by atoms with Crippen molar-refractivity contribution in [1.82, 2.24) is 5.32 Å². The summed E-state index contributed by atoms with van der Waals surface area (Å²) in [5.41, 5.74) is 0. The normalized spacial score (nSPS) is 38.0. The van der Waals surface area contributed by atoms with E-state index in [1.165, 1.54) is 0 Å². The molecule has 1 aliphatic heterocycles. The third-order valence-corrected chi connectivity index (χ3v) is 1.60. The molecular formula is C6H12FNO. The lowest BCUT2D eigenvalue weighted by molar-refractivity contribution is 0.0813. The maximum absolute atomic E-state index is 12.5. The first-order chi connectivity index (χ1) is 4.30. The molecule has 0 spiro atoms. The van der Waals surface area contributed by atoms with Crippen molar-refractivity contribution in [3.8, 4) is 0 Å². The molecule has 0 aromatic carbocycles. The van der Waals surface area contributed by atoms with Crippen molar-refractivity contribution in [2.75, 3.05) is 13.1 Å². The summed E-state index contributed by atoms with van der Waals surface area (Å²) in [6.45, 7) is 1.23. The van der Waals surface area contributed by atoms with Crippen molar-refractivity contribution in [2.45, 2.75) is 25.1 Å². The highest BCUT2D eigenvalue weighted by molar-refractivity contribution is 4.73. The molecule has 0 unspecified atom stereocenters. The third-order valence-electron chi connectivity index (χ3n) is 1.60. The highest BCUT2D eigenvalue weighted by Crippen LogP contribution is 2.08. The smallest absolute Gasteiger partial charge is 0.127 e. The van der Waals surface area contributed by atoms with E-state index in [0.717, 1.165) is 13.0 Å². The van der Waals surface area contributed by atoms with Gasteiger partial charge in [0.2, 0.25) is 0 Å². The van der Waals surface area contributed by atoms with Crippen molar-refractivity contribution in [3.63, 3.8) is 0 Å². The van der Waals surface area contributed by atoms with Crippen LogP contribution in [-0.4, -0.2) is 30.5 Å². The van der Waals surface area contributed by atoms with Gasteiger partial charge in [-0.3, -0.25) is 0 Å². The van der Waals surface area contributed by atoms with E-state index in [1.807, 2.05) is 0 Å². The number of nitrogens with one attached hydrogen (secondary N) is 1. The van der Waals surface area contributed by atoms with E-state index in [-0.39, 0.29) is 0 Å². The topological polar surface area (TPSA) is 32.3 Å². The van der Waals surface area contributed by atoms with Crippen LogP contribution in [0.2, 0.25) is 0 Å². The Kier molecular flexibility index (Phi) is 2.42. The van der Waals surface area contributed by atoms with Crippen LogP contribution in [0.5, 0.6) is 0 Å². The van der Waals surface area contributed by atoms with Crippen LogP contribution in [0.4, 0.5) is 4.39 Å². The fourth-order valence-corrected chi connectivity index (χ4v) is 0.992. The van der Waals surface area contributed by atoms with Crippen LogP contribution in [0.3, 0.4) is 0 Å². The molecule has 0 radical (unpaired) electrons. The number of hydrogen-bond donors (Lipinski definition) is 2. The second kappa shape index (κ2) is 3.13. The van der Waals surface area contributed by atoms with Crippen LogP contribution in [0, 0.1) is 0 Å². The van der Waals surface area contributed by atoms with Gasteiger partial charge in [-0.2, -0.15) is 0 Å². The standard InChI is InChI=1S/C6H12FNO/c7-5-2-1-3-8-4-6(5)9/h5-6,8-9H,1-4H2/t5-,6-/m0/s1. The largest absolute Gasteiger partial charge is 0.389 e. The summed E-state index contributed by atoms with van der Waals surface area (Å²) in [5, 5.41) is 11.9. The number of alkyl halides is 1. The zero-order valence-electron chi connectivity index (χ0n) is 5.31. The molecule has 0 aromatic rings. The zero-order chi connectivity index (χ0) is 6.69. The SMILES string of the molecule is O[C@H]1CNCCC[C@@H]1F. The van der Waals surface area contributed by atoms with Crippen molar-refractivity contribution in [3.05, 3.63) is 0 Å². The Morgan fingerprint density at radius 1 is 1.56 bits per heavy atom. The molecule has 0 bridgehead atoms. The number of hydrogen-bond acceptors (Lipinski definition) is 2. The van der Waals surface area contributed by atoms with E-state index in [9.17, 15) is 4.39 Å². The second-order valence-corrected chi connectivity index (χ2v) is 2.43. The van der Waals surface area contributed by atoms with Crippen LogP contribution in [0.1, 0.15) is 12.8 Å². The highest BCUT2D eigenvalue weighted by atomic mass is 19.1. The molecule has 3 heteroatoms. The Balaban J connectivity index is 2.32. The Morgan fingerprint density at radius 3 is 3.11 bits per heavy atom. The van der Waals surface area contributed by atoms with Crippen LogP contribution < -0.4 is 5.32 Å². The molecule has 0 amide bonds. The Bertz CT molecular complexity index is 79.1. The summed E-state index contributed by atoms with van der Waals surface area (Å²) in [6, 6.07) is 0. The predicted octanol–water partition coefficient (Wildman–Crippen LogP) is 0.0688. The number of β-amino-alcohol motifs (C(OH)–C–C–N with tert-alkyl or cyclic N) is 1. The average Bonchev–Trinajstić information content (AvgIpc) is 1.99. The van der Waals surface area contributed by atoms with E-state index in [0.29, 0.717) is 13.0 Å². The summed E-state index contributed by atoms with van der Waals surface area (Å²) >= 11 is 0. The molecule has 1 rings (SSSR count). The quantitative estimate of drug-likeness (QED) is 0.490. The molecule has 1 fully saturated rings. The van der Waals surface area contributed by atoms with Crippen molar-refractivity contribution in [1.29, 1.82) is 0 Å². The van der Waals surface area contributed by atoms with Gasteiger partial charge in [0.1, 0.15) is 6.17 Å². The number of aliphatic hydroxyl groups excluding tert-OH is 1. The molecule has 0 aliphatic carbocycles. The van der Waals surface area contributed by atoms with E-state index in [2.05, 4.69) is 5.32 Å². The molecular weight excluding hydrogens is 121 g/mol. The Labute approximate surface area is 54.1 Å². The van der Waals surface area contributed by atoms with Crippen LogP contribution in [0.15, 0.2) is 0 Å². The van der Waals surface area contributed by atoms with Gasteiger partial charge in [0, 0.05) is 6.54 Å². The van der Waals surface area contributed by atoms with E-state index < -0.39 is 12.3 Å². The van der Waals surface area contributed by atoms with Gasteiger partial charge in [-0.25, -0.2) is 4.39 Å². The Hall–Kier alpha value is -0.150. The Morgan fingerprint density at radius 2 is 2.33 bits per heavy atom. The molecule has 2 atom stereocenters. The van der Waals surface area contributed by atoms with Crippen molar-refractivity contribution < 1.29 is 9.50 Å². The molecule has 1 aliphatic rings. The number of aliphatic hydroxyl groups is 1. The van der Waals surface area contributed by atoms with Crippen LogP contribution in [0.25, 0.3) is 0 Å². The fraction of sp³-hybridized carbons (Fsp3) is 1.00. The predicted molar refractivity (Wildman–Crippen MR) is 33.0 cm³/mol. The van der Waals surface area contributed by atoms with E-state index >= 15 is 0 Å². The minimum Gasteiger partial charge on any atom is -0.389 e. The molecule has 0 aromatic heterocycles. The molecule has 1 heterocycles. The van der Waals surface area contributed by atoms with Gasteiger partial charge in [0.15, 0.2) is 0 Å². The molecule has 2 nitrogen and oxygen atoms in total. The lowest BCUT2D eigenvalue weighted by atomic mass is 10.1. The summed E-state index contributed by atoms with van der Waals surface area (Å²) in [7, 11) is 0. The number of rotatable bonds is 0.